The van der Waals surface area contributed by atoms with Crippen LogP contribution in [-0.2, 0) is 0 Å². The number of aliphatic hydroxyl groups excluding tert-OH is 1. The summed E-state index contributed by atoms with van der Waals surface area (Å²) in [7, 11) is 3.26. The molecule has 1 N–H and O–H groups in total. The van der Waals surface area contributed by atoms with E-state index in [4.69, 9.17) is 19.4 Å². The smallest absolute Gasteiger partial charge is 0.162 e. The van der Waals surface area contributed by atoms with Crippen molar-refractivity contribution in [1.29, 1.82) is 0 Å². The molecule has 0 spiro atoms. The summed E-state index contributed by atoms with van der Waals surface area (Å²) in [6.07, 6.45) is 2.07. The fraction of sp³-hybridized carbons (Fsp3) is 0.364. The molecule has 1 saturated heterocycles. The number of rotatable bonds is 5. The number of anilines is 1. The lowest BCUT2D eigenvalue weighted by atomic mass is 9.98. The van der Waals surface area contributed by atoms with Crippen molar-refractivity contribution < 1.29 is 14.6 Å². The average molecular weight is 379 g/mol. The average Bonchev–Trinajstić information content (AvgIpc) is 2.77. The van der Waals surface area contributed by atoms with Gasteiger partial charge >= 0.3 is 0 Å². The minimum atomic E-state index is 0.197. The third-order valence-electron chi connectivity index (χ3n) is 5.29. The zero-order valence-electron chi connectivity index (χ0n) is 16.3. The Balaban J connectivity index is 1.91. The Hall–Kier alpha value is -2.86. The van der Waals surface area contributed by atoms with E-state index in [-0.39, 0.29) is 12.5 Å². The van der Waals surface area contributed by atoms with Crippen molar-refractivity contribution in [3.05, 3.63) is 42.5 Å². The Kier molecular flexibility index (Phi) is 5.30. The number of hydrogen-bond donors (Lipinski definition) is 1. The number of aliphatic hydroxyl groups is 1. The topological polar surface area (TPSA) is 67.7 Å². The molecule has 3 aromatic rings. The number of fused-ring (bicyclic) bond motifs is 1. The molecule has 1 aliphatic heterocycles. The molecule has 2 heterocycles. The van der Waals surface area contributed by atoms with Crippen molar-refractivity contribution >= 4 is 16.7 Å². The van der Waals surface area contributed by atoms with Gasteiger partial charge in [0.25, 0.3) is 0 Å². The maximum absolute atomic E-state index is 9.66. The van der Waals surface area contributed by atoms with Gasteiger partial charge in [0, 0.05) is 36.7 Å². The van der Waals surface area contributed by atoms with E-state index in [1.165, 1.54) is 0 Å². The van der Waals surface area contributed by atoms with Gasteiger partial charge in [-0.15, -0.1) is 0 Å². The van der Waals surface area contributed by atoms with Crippen LogP contribution in [0.5, 0.6) is 11.5 Å². The number of benzene rings is 2. The van der Waals surface area contributed by atoms with E-state index >= 15 is 0 Å². The van der Waals surface area contributed by atoms with E-state index in [2.05, 4.69) is 4.90 Å². The molecule has 4 rings (SSSR count). The molecule has 0 saturated carbocycles. The second-order valence-corrected chi connectivity index (χ2v) is 7.10. The number of methoxy groups -OCH3 is 2. The van der Waals surface area contributed by atoms with Gasteiger partial charge in [-0.25, -0.2) is 9.97 Å². The van der Waals surface area contributed by atoms with Crippen LogP contribution in [0.25, 0.3) is 22.3 Å². The van der Waals surface area contributed by atoms with Gasteiger partial charge in [-0.2, -0.15) is 0 Å². The molecule has 0 radical (unpaired) electrons. The molecule has 1 atom stereocenters. The van der Waals surface area contributed by atoms with Crippen molar-refractivity contribution in [1.82, 2.24) is 9.97 Å². The van der Waals surface area contributed by atoms with Gasteiger partial charge in [0.1, 0.15) is 5.82 Å². The minimum Gasteiger partial charge on any atom is -0.493 e. The molecule has 2 aromatic carbocycles. The molecule has 0 aliphatic carbocycles. The van der Waals surface area contributed by atoms with Crippen LogP contribution in [0.4, 0.5) is 5.82 Å². The van der Waals surface area contributed by atoms with Gasteiger partial charge in [-0.3, -0.25) is 0 Å². The predicted molar refractivity (Wildman–Crippen MR) is 110 cm³/mol. The summed E-state index contributed by atoms with van der Waals surface area (Å²) in [4.78, 5) is 12.0. The Morgan fingerprint density at radius 2 is 1.82 bits per heavy atom. The van der Waals surface area contributed by atoms with Crippen LogP contribution >= 0.6 is 0 Å². The zero-order chi connectivity index (χ0) is 19.5. The van der Waals surface area contributed by atoms with Crippen LogP contribution in [0, 0.1) is 5.92 Å². The van der Waals surface area contributed by atoms with E-state index in [0.29, 0.717) is 17.3 Å². The molecule has 6 nitrogen and oxygen atoms in total. The van der Waals surface area contributed by atoms with Crippen molar-refractivity contribution in [3.8, 4) is 22.9 Å². The molecule has 6 heteroatoms. The second kappa shape index (κ2) is 8.02. The Bertz CT molecular complexity index is 962. The van der Waals surface area contributed by atoms with Crippen molar-refractivity contribution in [2.75, 3.05) is 38.8 Å². The number of piperidine rings is 1. The largest absolute Gasteiger partial charge is 0.493 e. The Labute approximate surface area is 164 Å². The minimum absolute atomic E-state index is 0.197. The highest BCUT2D eigenvalue weighted by Crippen LogP contribution is 2.37. The molecule has 0 amide bonds. The van der Waals surface area contributed by atoms with Crippen molar-refractivity contribution in [2.24, 2.45) is 5.92 Å². The highest BCUT2D eigenvalue weighted by Gasteiger charge is 2.24. The summed E-state index contributed by atoms with van der Waals surface area (Å²) in [5.41, 5.74) is 1.78. The molecule has 1 fully saturated rings. The molecule has 28 heavy (non-hydrogen) atoms. The predicted octanol–water partition coefficient (Wildman–Crippen LogP) is 3.52. The fourth-order valence-corrected chi connectivity index (χ4v) is 3.80. The first kappa shape index (κ1) is 18.5. The number of hydrogen-bond acceptors (Lipinski definition) is 6. The third-order valence-corrected chi connectivity index (χ3v) is 5.29. The van der Waals surface area contributed by atoms with E-state index in [1.807, 2.05) is 42.5 Å². The third kappa shape index (κ3) is 3.47. The summed E-state index contributed by atoms with van der Waals surface area (Å²) in [5, 5.41) is 10.6. The van der Waals surface area contributed by atoms with Gasteiger partial charge in [-0.05, 0) is 24.8 Å². The van der Waals surface area contributed by atoms with Gasteiger partial charge in [0.15, 0.2) is 17.3 Å². The van der Waals surface area contributed by atoms with Crippen LogP contribution in [0.2, 0.25) is 0 Å². The fourth-order valence-electron chi connectivity index (χ4n) is 3.80. The van der Waals surface area contributed by atoms with Gasteiger partial charge in [-0.1, -0.05) is 30.3 Å². The lowest BCUT2D eigenvalue weighted by molar-refractivity contribution is 0.208. The van der Waals surface area contributed by atoms with Crippen molar-refractivity contribution in [3.63, 3.8) is 0 Å². The van der Waals surface area contributed by atoms with E-state index in [1.54, 1.807) is 14.2 Å². The monoisotopic (exact) mass is 379 g/mol. The lowest BCUT2D eigenvalue weighted by Gasteiger charge is -2.33. The first-order valence-electron chi connectivity index (χ1n) is 9.58. The molecule has 1 aromatic heterocycles. The molecular formula is C22H25N3O3. The lowest BCUT2D eigenvalue weighted by Crippen LogP contribution is -2.37. The van der Waals surface area contributed by atoms with Crippen LogP contribution in [0.3, 0.4) is 0 Å². The van der Waals surface area contributed by atoms with E-state index < -0.39 is 0 Å². The second-order valence-electron chi connectivity index (χ2n) is 7.10. The molecular weight excluding hydrogens is 354 g/mol. The quantitative estimate of drug-likeness (QED) is 0.732. The first-order chi connectivity index (χ1) is 13.7. The standard InChI is InChI=1S/C22H25N3O3/c1-27-19-11-17-18(12-20(19)28-2)23-21(16-8-4-3-5-9-16)24-22(17)25-10-6-7-15(13-25)14-26/h3-5,8-9,11-12,15,26H,6-7,10,13-14H2,1-2H3/t15-/m0/s1. The summed E-state index contributed by atoms with van der Waals surface area (Å²) in [5.74, 6) is 3.12. The maximum Gasteiger partial charge on any atom is 0.162 e. The molecule has 0 unspecified atom stereocenters. The Morgan fingerprint density at radius 1 is 1.07 bits per heavy atom. The molecule has 146 valence electrons. The van der Waals surface area contributed by atoms with Gasteiger partial charge in [0.05, 0.1) is 19.7 Å². The van der Waals surface area contributed by atoms with Gasteiger partial charge in [0.2, 0.25) is 0 Å². The Morgan fingerprint density at radius 3 is 2.54 bits per heavy atom. The first-order valence-corrected chi connectivity index (χ1v) is 9.58. The number of nitrogens with zero attached hydrogens (tertiary/aromatic N) is 3. The van der Waals surface area contributed by atoms with Crippen LogP contribution in [0.1, 0.15) is 12.8 Å². The van der Waals surface area contributed by atoms with Crippen molar-refractivity contribution in [2.45, 2.75) is 12.8 Å². The SMILES string of the molecule is COc1cc2nc(-c3ccccc3)nc(N3CCC[C@H](CO)C3)c2cc1OC. The normalized spacial score (nSPS) is 17.0. The summed E-state index contributed by atoms with van der Waals surface area (Å²) < 4.78 is 11.0. The van der Waals surface area contributed by atoms with Crippen LogP contribution < -0.4 is 14.4 Å². The molecule has 1 aliphatic rings. The summed E-state index contributed by atoms with van der Waals surface area (Å²) >= 11 is 0. The van der Waals surface area contributed by atoms with E-state index in [9.17, 15) is 5.11 Å². The number of ether oxygens (including phenoxy) is 2. The molecule has 0 bridgehead atoms. The zero-order valence-corrected chi connectivity index (χ0v) is 16.3. The van der Waals surface area contributed by atoms with Gasteiger partial charge < -0.3 is 19.5 Å². The highest BCUT2D eigenvalue weighted by atomic mass is 16.5. The maximum atomic E-state index is 9.66. The highest BCUT2D eigenvalue weighted by molar-refractivity contribution is 5.93. The van der Waals surface area contributed by atoms with Crippen LogP contribution in [-0.4, -0.2) is 49.0 Å². The number of aromatic nitrogens is 2. The van der Waals surface area contributed by atoms with Crippen LogP contribution in [0.15, 0.2) is 42.5 Å². The summed E-state index contributed by atoms with van der Waals surface area (Å²) in [6.45, 7) is 1.89. The van der Waals surface area contributed by atoms with E-state index in [0.717, 1.165) is 48.2 Å². The summed E-state index contributed by atoms with van der Waals surface area (Å²) in [6, 6.07) is 13.8.